The Bertz CT molecular complexity index is 1020. The second-order valence-electron chi connectivity index (χ2n) is 5.62. The summed E-state index contributed by atoms with van der Waals surface area (Å²) < 4.78 is 11.9. The minimum atomic E-state index is -0.343. The lowest BCUT2D eigenvalue weighted by Gasteiger charge is -2.08. The quantitative estimate of drug-likeness (QED) is 0.279. The van der Waals surface area contributed by atoms with Crippen LogP contribution in [0.3, 0.4) is 0 Å². The molecule has 150 valence electrons. The van der Waals surface area contributed by atoms with Crippen molar-refractivity contribution in [2.75, 3.05) is 25.3 Å². The van der Waals surface area contributed by atoms with Crippen LogP contribution in [0.15, 0.2) is 51.3 Å². The van der Waals surface area contributed by atoms with E-state index in [0.717, 1.165) is 4.47 Å². The zero-order chi connectivity index (χ0) is 20.8. The molecule has 2 aromatic carbocycles. The number of methoxy groups -OCH3 is 2. The molecule has 0 aliphatic carbocycles. The SMILES string of the molecule is COc1ccc(C(=O)Nc2nnc(SCC(=O)c3ccc(Br)cc3)s2)cc1OC. The van der Waals surface area contributed by atoms with Crippen molar-refractivity contribution in [1.82, 2.24) is 10.2 Å². The van der Waals surface area contributed by atoms with Crippen molar-refractivity contribution in [2.45, 2.75) is 4.34 Å². The molecule has 7 nitrogen and oxygen atoms in total. The van der Waals surface area contributed by atoms with Gasteiger partial charge in [0.1, 0.15) is 0 Å². The van der Waals surface area contributed by atoms with Crippen LogP contribution in [0.25, 0.3) is 0 Å². The molecule has 1 amide bonds. The average molecular weight is 494 g/mol. The third kappa shape index (κ3) is 5.55. The van der Waals surface area contributed by atoms with E-state index in [1.165, 1.54) is 37.3 Å². The Kier molecular flexibility index (Phi) is 7.24. The number of carbonyl (C=O) groups excluding carboxylic acids is 2. The normalized spacial score (nSPS) is 10.4. The van der Waals surface area contributed by atoms with Crippen LogP contribution in [0.4, 0.5) is 5.13 Å². The van der Waals surface area contributed by atoms with E-state index >= 15 is 0 Å². The van der Waals surface area contributed by atoms with Gasteiger partial charge in [-0.2, -0.15) is 0 Å². The third-order valence-electron chi connectivity index (χ3n) is 3.77. The van der Waals surface area contributed by atoms with E-state index in [2.05, 4.69) is 31.4 Å². The lowest BCUT2D eigenvalue weighted by molar-refractivity contribution is 0.101. The first kappa shape index (κ1) is 21.3. The molecule has 29 heavy (non-hydrogen) atoms. The maximum absolute atomic E-state index is 12.4. The Morgan fingerprint density at radius 1 is 1.03 bits per heavy atom. The molecular weight excluding hydrogens is 478 g/mol. The first-order valence-electron chi connectivity index (χ1n) is 8.28. The largest absolute Gasteiger partial charge is 0.493 e. The van der Waals surface area contributed by atoms with Crippen molar-refractivity contribution in [1.29, 1.82) is 0 Å². The molecule has 0 atom stereocenters. The minimum Gasteiger partial charge on any atom is -0.493 e. The molecule has 1 heterocycles. The maximum Gasteiger partial charge on any atom is 0.257 e. The molecule has 10 heteroatoms. The van der Waals surface area contributed by atoms with Gasteiger partial charge in [0.05, 0.1) is 20.0 Å². The molecule has 0 aliphatic rings. The van der Waals surface area contributed by atoms with E-state index in [4.69, 9.17) is 9.47 Å². The van der Waals surface area contributed by atoms with Crippen LogP contribution in [0.5, 0.6) is 11.5 Å². The van der Waals surface area contributed by atoms with Crippen molar-refractivity contribution in [3.8, 4) is 11.5 Å². The number of ketones is 1. The molecule has 3 aromatic rings. The molecule has 0 bridgehead atoms. The molecular formula is C19H16BrN3O4S2. The van der Waals surface area contributed by atoms with E-state index in [1.807, 2.05) is 12.1 Å². The van der Waals surface area contributed by atoms with Crippen LogP contribution in [0.1, 0.15) is 20.7 Å². The van der Waals surface area contributed by atoms with Gasteiger partial charge in [-0.3, -0.25) is 14.9 Å². The Labute approximate surface area is 184 Å². The number of ether oxygens (including phenoxy) is 2. The van der Waals surface area contributed by atoms with Crippen molar-refractivity contribution in [2.24, 2.45) is 0 Å². The number of amides is 1. The number of halogens is 1. The molecule has 0 fully saturated rings. The maximum atomic E-state index is 12.4. The van der Waals surface area contributed by atoms with E-state index in [1.54, 1.807) is 30.3 Å². The fourth-order valence-electron chi connectivity index (χ4n) is 2.31. The van der Waals surface area contributed by atoms with Gasteiger partial charge in [0.2, 0.25) is 5.13 Å². The number of hydrogen-bond donors (Lipinski definition) is 1. The van der Waals surface area contributed by atoms with E-state index in [9.17, 15) is 9.59 Å². The van der Waals surface area contributed by atoms with Crippen molar-refractivity contribution in [3.63, 3.8) is 0 Å². The first-order chi connectivity index (χ1) is 14.0. The fourth-order valence-corrected chi connectivity index (χ4v) is 4.22. The second-order valence-corrected chi connectivity index (χ2v) is 8.73. The van der Waals surface area contributed by atoms with Gasteiger partial charge in [-0.05, 0) is 30.3 Å². The number of aromatic nitrogens is 2. The Morgan fingerprint density at radius 3 is 2.41 bits per heavy atom. The molecule has 0 aliphatic heterocycles. The number of benzene rings is 2. The lowest BCUT2D eigenvalue weighted by Crippen LogP contribution is -2.11. The summed E-state index contributed by atoms with van der Waals surface area (Å²) >= 11 is 5.83. The summed E-state index contributed by atoms with van der Waals surface area (Å²) in [5.41, 5.74) is 1.03. The monoisotopic (exact) mass is 493 g/mol. The van der Waals surface area contributed by atoms with Crippen molar-refractivity contribution in [3.05, 3.63) is 58.1 Å². The topological polar surface area (TPSA) is 90.4 Å². The van der Waals surface area contributed by atoms with Gasteiger partial charge >= 0.3 is 0 Å². The average Bonchev–Trinajstić information content (AvgIpc) is 3.19. The lowest BCUT2D eigenvalue weighted by atomic mass is 10.2. The zero-order valence-corrected chi connectivity index (χ0v) is 18.7. The molecule has 0 unspecified atom stereocenters. The molecule has 0 saturated heterocycles. The number of rotatable bonds is 8. The molecule has 0 spiro atoms. The van der Waals surface area contributed by atoms with Crippen LogP contribution in [-0.4, -0.2) is 41.9 Å². The standard InChI is InChI=1S/C19H16BrN3O4S2/c1-26-15-8-5-12(9-16(15)27-2)17(25)21-18-22-23-19(29-18)28-10-14(24)11-3-6-13(20)7-4-11/h3-9H,10H2,1-2H3,(H,21,22,25). The van der Waals surface area contributed by atoms with Crippen LogP contribution >= 0.6 is 39.0 Å². The highest BCUT2D eigenvalue weighted by Gasteiger charge is 2.14. The van der Waals surface area contributed by atoms with Gasteiger partial charge in [0.25, 0.3) is 5.91 Å². The van der Waals surface area contributed by atoms with Gasteiger partial charge in [0.15, 0.2) is 21.6 Å². The first-order valence-corrected chi connectivity index (χ1v) is 10.9. The Balaban J connectivity index is 1.59. The van der Waals surface area contributed by atoms with Crippen LogP contribution in [0, 0.1) is 0 Å². The predicted molar refractivity (Wildman–Crippen MR) is 117 cm³/mol. The van der Waals surface area contributed by atoms with Crippen molar-refractivity contribution < 1.29 is 19.1 Å². The van der Waals surface area contributed by atoms with Gasteiger partial charge < -0.3 is 9.47 Å². The zero-order valence-electron chi connectivity index (χ0n) is 15.5. The highest BCUT2D eigenvalue weighted by atomic mass is 79.9. The van der Waals surface area contributed by atoms with E-state index in [0.29, 0.717) is 32.1 Å². The molecule has 0 saturated carbocycles. The smallest absolute Gasteiger partial charge is 0.257 e. The molecule has 3 rings (SSSR count). The van der Waals surface area contributed by atoms with Gasteiger partial charge in [-0.15, -0.1) is 10.2 Å². The highest BCUT2D eigenvalue weighted by molar-refractivity contribution is 9.10. The predicted octanol–water partition coefficient (Wildman–Crippen LogP) is 4.55. The van der Waals surface area contributed by atoms with Crippen molar-refractivity contribution >= 4 is 55.9 Å². The van der Waals surface area contributed by atoms with E-state index in [-0.39, 0.29) is 17.4 Å². The summed E-state index contributed by atoms with van der Waals surface area (Å²) in [6.07, 6.45) is 0. The number of carbonyl (C=O) groups is 2. The third-order valence-corrected chi connectivity index (χ3v) is 6.27. The molecule has 1 aromatic heterocycles. The Hall–Kier alpha value is -2.43. The number of hydrogen-bond acceptors (Lipinski definition) is 8. The Morgan fingerprint density at radius 2 is 1.72 bits per heavy atom. The number of anilines is 1. The molecule has 0 radical (unpaired) electrons. The van der Waals surface area contributed by atoms with Gasteiger partial charge in [-0.1, -0.05) is 51.2 Å². The fraction of sp³-hybridized carbons (Fsp3) is 0.158. The number of thioether (sulfide) groups is 1. The number of nitrogens with zero attached hydrogens (tertiary/aromatic N) is 2. The van der Waals surface area contributed by atoms with E-state index < -0.39 is 0 Å². The summed E-state index contributed by atoms with van der Waals surface area (Å²) in [4.78, 5) is 24.7. The summed E-state index contributed by atoms with van der Waals surface area (Å²) in [5, 5.41) is 11.0. The summed E-state index contributed by atoms with van der Waals surface area (Å²) in [7, 11) is 3.03. The van der Waals surface area contributed by atoms with Gasteiger partial charge in [-0.25, -0.2) is 0 Å². The summed E-state index contributed by atoms with van der Waals surface area (Å²) in [5.74, 6) is 0.882. The van der Waals surface area contributed by atoms with Gasteiger partial charge in [0, 0.05) is 15.6 Å². The van der Waals surface area contributed by atoms with Crippen LogP contribution in [0.2, 0.25) is 0 Å². The highest BCUT2D eigenvalue weighted by Crippen LogP contribution is 2.29. The minimum absolute atomic E-state index is 0.00591. The summed E-state index contributed by atoms with van der Waals surface area (Å²) in [6, 6.07) is 12.0. The molecule has 1 N–H and O–H groups in total. The second kappa shape index (κ2) is 9.86. The summed E-state index contributed by atoms with van der Waals surface area (Å²) in [6.45, 7) is 0. The van der Waals surface area contributed by atoms with Crippen LogP contribution < -0.4 is 14.8 Å². The van der Waals surface area contributed by atoms with Crippen LogP contribution in [-0.2, 0) is 0 Å². The number of Topliss-reactive ketones (excluding diaryl/α,β-unsaturated/α-hetero) is 1. The number of nitrogens with one attached hydrogen (secondary N) is 1.